The molecule has 0 fully saturated rings. The van der Waals surface area contributed by atoms with Gasteiger partial charge >= 0.3 is 12.1 Å². The molecule has 0 aromatic carbocycles. The maximum Gasteiger partial charge on any atom is 0.490 e. The van der Waals surface area contributed by atoms with Crippen LogP contribution in [-0.4, -0.2) is 79.5 Å². The normalized spacial score (nSPS) is 15.2. The molecule has 1 heterocycles. The molecular formula is C16H22F3N3O5. The number of alkyl halides is 3. The van der Waals surface area contributed by atoms with E-state index in [-0.39, 0.29) is 32.4 Å². The standard InChI is InChI=1S/C16H22F3N3O5/c1-20-8-10-21(2)14(25)11(27-15(26)16(17,18)19)5-3-4-9-22-12(23)6-7-13(22)24/h6-7,11,20H,3-5,8-10H2,1-2H3. The fourth-order valence-electron chi connectivity index (χ4n) is 2.32. The van der Waals surface area contributed by atoms with Crippen molar-refractivity contribution < 1.29 is 37.1 Å². The Balaban J connectivity index is 2.62. The Morgan fingerprint density at radius 3 is 2.33 bits per heavy atom. The minimum absolute atomic E-state index is 0.0639. The van der Waals surface area contributed by atoms with Gasteiger partial charge in [0.25, 0.3) is 17.7 Å². The minimum atomic E-state index is -5.21. The van der Waals surface area contributed by atoms with E-state index in [0.717, 1.165) is 17.1 Å². The molecule has 3 amide bonds. The third-order valence-electron chi connectivity index (χ3n) is 3.83. The molecular weight excluding hydrogens is 371 g/mol. The van der Waals surface area contributed by atoms with Crippen LogP contribution < -0.4 is 5.32 Å². The highest BCUT2D eigenvalue weighted by Gasteiger charge is 2.43. The van der Waals surface area contributed by atoms with Crippen LogP contribution in [0, 0.1) is 0 Å². The minimum Gasteiger partial charge on any atom is -0.446 e. The molecule has 27 heavy (non-hydrogen) atoms. The summed E-state index contributed by atoms with van der Waals surface area (Å²) >= 11 is 0. The first-order valence-electron chi connectivity index (χ1n) is 8.28. The Morgan fingerprint density at radius 2 is 1.81 bits per heavy atom. The Kier molecular flexibility index (Phi) is 8.41. The summed E-state index contributed by atoms with van der Waals surface area (Å²) in [5.41, 5.74) is 0. The van der Waals surface area contributed by atoms with E-state index in [1.807, 2.05) is 0 Å². The van der Waals surface area contributed by atoms with Gasteiger partial charge in [0.2, 0.25) is 0 Å². The van der Waals surface area contributed by atoms with Gasteiger partial charge in [-0.05, 0) is 26.3 Å². The van der Waals surface area contributed by atoms with Gasteiger partial charge in [0, 0.05) is 38.8 Å². The molecule has 0 radical (unpaired) electrons. The molecule has 1 unspecified atom stereocenters. The summed E-state index contributed by atoms with van der Waals surface area (Å²) in [6, 6.07) is 0. The highest BCUT2D eigenvalue weighted by atomic mass is 19.4. The van der Waals surface area contributed by atoms with E-state index in [1.165, 1.54) is 11.9 Å². The second-order valence-electron chi connectivity index (χ2n) is 5.91. The summed E-state index contributed by atoms with van der Waals surface area (Å²) in [6.07, 6.45) is -4.28. The number of imide groups is 1. The molecule has 152 valence electrons. The summed E-state index contributed by atoms with van der Waals surface area (Å²) in [7, 11) is 3.04. The van der Waals surface area contributed by atoms with Crippen LogP contribution in [0.2, 0.25) is 0 Å². The predicted octanol–water partition coefficient (Wildman–Crippen LogP) is 0.234. The lowest BCUT2D eigenvalue weighted by molar-refractivity contribution is -0.206. The van der Waals surface area contributed by atoms with Crippen molar-refractivity contribution in [2.45, 2.75) is 31.5 Å². The number of ether oxygens (including phenoxy) is 1. The lowest BCUT2D eigenvalue weighted by atomic mass is 10.1. The number of likely N-dealkylation sites (N-methyl/N-ethyl adjacent to an activating group) is 2. The van der Waals surface area contributed by atoms with Gasteiger partial charge in [-0.15, -0.1) is 0 Å². The first-order chi connectivity index (χ1) is 12.6. The first kappa shape index (κ1) is 22.6. The van der Waals surface area contributed by atoms with Crippen LogP contribution in [0.1, 0.15) is 19.3 Å². The zero-order chi connectivity index (χ0) is 20.6. The lowest BCUT2D eigenvalue weighted by Gasteiger charge is -2.24. The van der Waals surface area contributed by atoms with E-state index < -0.39 is 36.0 Å². The van der Waals surface area contributed by atoms with Crippen molar-refractivity contribution >= 4 is 23.7 Å². The topological polar surface area (TPSA) is 96.0 Å². The summed E-state index contributed by atoms with van der Waals surface area (Å²) in [4.78, 5) is 48.4. The predicted molar refractivity (Wildman–Crippen MR) is 87.2 cm³/mol. The Morgan fingerprint density at radius 1 is 1.22 bits per heavy atom. The number of unbranched alkanes of at least 4 members (excludes halogenated alkanes) is 1. The van der Waals surface area contributed by atoms with Crippen LogP contribution in [0.5, 0.6) is 0 Å². The van der Waals surface area contributed by atoms with Crippen LogP contribution in [0.4, 0.5) is 13.2 Å². The van der Waals surface area contributed by atoms with E-state index in [9.17, 15) is 32.3 Å². The highest BCUT2D eigenvalue weighted by Crippen LogP contribution is 2.20. The molecule has 1 atom stereocenters. The fourth-order valence-corrected chi connectivity index (χ4v) is 2.32. The zero-order valence-corrected chi connectivity index (χ0v) is 15.0. The van der Waals surface area contributed by atoms with E-state index >= 15 is 0 Å². The number of halogens is 3. The molecule has 1 N–H and O–H groups in total. The lowest BCUT2D eigenvalue weighted by Crippen LogP contribution is -2.43. The molecule has 0 saturated heterocycles. The van der Waals surface area contributed by atoms with Crippen molar-refractivity contribution in [2.24, 2.45) is 0 Å². The van der Waals surface area contributed by atoms with Gasteiger partial charge in [-0.2, -0.15) is 13.2 Å². The maximum absolute atomic E-state index is 12.5. The molecule has 0 saturated carbocycles. The SMILES string of the molecule is CNCCN(C)C(=O)C(CCCCN1C(=O)C=CC1=O)OC(=O)C(F)(F)F. The molecule has 0 bridgehead atoms. The monoisotopic (exact) mass is 393 g/mol. The fraction of sp³-hybridized carbons (Fsp3) is 0.625. The third kappa shape index (κ3) is 7.00. The quantitative estimate of drug-likeness (QED) is 0.324. The number of carbonyl (C=O) groups excluding carboxylic acids is 4. The van der Waals surface area contributed by atoms with E-state index in [4.69, 9.17) is 0 Å². The number of nitrogens with zero attached hydrogens (tertiary/aromatic N) is 2. The van der Waals surface area contributed by atoms with Gasteiger partial charge in [0.05, 0.1) is 0 Å². The van der Waals surface area contributed by atoms with Gasteiger partial charge in [-0.25, -0.2) is 4.79 Å². The van der Waals surface area contributed by atoms with Crippen LogP contribution in [0.3, 0.4) is 0 Å². The van der Waals surface area contributed by atoms with Crippen molar-refractivity contribution in [3.8, 4) is 0 Å². The molecule has 0 aromatic heterocycles. The number of carbonyl (C=O) groups is 4. The largest absolute Gasteiger partial charge is 0.490 e. The molecule has 11 heteroatoms. The van der Waals surface area contributed by atoms with Crippen molar-refractivity contribution in [3.05, 3.63) is 12.2 Å². The highest BCUT2D eigenvalue weighted by molar-refractivity contribution is 6.12. The number of hydrogen-bond acceptors (Lipinski definition) is 6. The van der Waals surface area contributed by atoms with Crippen LogP contribution in [0.15, 0.2) is 12.2 Å². The summed E-state index contributed by atoms with van der Waals surface area (Å²) in [5, 5.41) is 2.79. The van der Waals surface area contributed by atoms with Crippen LogP contribution >= 0.6 is 0 Å². The average molecular weight is 393 g/mol. The molecule has 0 spiro atoms. The Hall–Kier alpha value is -2.43. The molecule has 1 rings (SSSR count). The Bertz CT molecular complexity index is 589. The molecule has 8 nitrogen and oxygen atoms in total. The summed E-state index contributed by atoms with van der Waals surface area (Å²) < 4.78 is 41.7. The van der Waals surface area contributed by atoms with Gasteiger partial charge in [-0.3, -0.25) is 19.3 Å². The second-order valence-corrected chi connectivity index (χ2v) is 5.91. The van der Waals surface area contributed by atoms with Gasteiger partial charge in [-0.1, -0.05) is 0 Å². The van der Waals surface area contributed by atoms with Crippen molar-refractivity contribution in [2.75, 3.05) is 33.7 Å². The van der Waals surface area contributed by atoms with Crippen molar-refractivity contribution in [1.82, 2.24) is 15.1 Å². The number of hydrogen-bond donors (Lipinski definition) is 1. The van der Waals surface area contributed by atoms with Crippen LogP contribution in [0.25, 0.3) is 0 Å². The van der Waals surface area contributed by atoms with Crippen LogP contribution in [-0.2, 0) is 23.9 Å². The van der Waals surface area contributed by atoms with E-state index in [1.54, 1.807) is 7.05 Å². The molecule has 1 aliphatic heterocycles. The zero-order valence-electron chi connectivity index (χ0n) is 15.0. The Labute approximate surface area is 154 Å². The maximum atomic E-state index is 12.5. The summed E-state index contributed by atoms with van der Waals surface area (Å²) in [6.45, 7) is 0.695. The van der Waals surface area contributed by atoms with E-state index in [2.05, 4.69) is 10.1 Å². The van der Waals surface area contributed by atoms with Crippen molar-refractivity contribution in [1.29, 1.82) is 0 Å². The molecule has 1 aliphatic rings. The van der Waals surface area contributed by atoms with Gasteiger partial charge < -0.3 is 15.0 Å². The summed E-state index contributed by atoms with van der Waals surface area (Å²) in [5.74, 6) is -4.12. The van der Waals surface area contributed by atoms with Gasteiger partial charge in [0.15, 0.2) is 6.10 Å². The average Bonchev–Trinajstić information content (AvgIpc) is 2.92. The first-order valence-corrected chi connectivity index (χ1v) is 8.28. The van der Waals surface area contributed by atoms with Gasteiger partial charge in [0.1, 0.15) is 0 Å². The number of amides is 3. The smallest absolute Gasteiger partial charge is 0.446 e. The number of rotatable bonds is 10. The number of esters is 1. The van der Waals surface area contributed by atoms with E-state index in [0.29, 0.717) is 6.54 Å². The molecule has 0 aliphatic carbocycles. The third-order valence-corrected chi connectivity index (χ3v) is 3.83. The number of nitrogens with one attached hydrogen (secondary N) is 1. The second kappa shape index (κ2) is 10.0. The molecule has 0 aromatic rings. The van der Waals surface area contributed by atoms with Crippen molar-refractivity contribution in [3.63, 3.8) is 0 Å².